The quantitative estimate of drug-likeness (QED) is 0.867. The lowest BCUT2D eigenvalue weighted by molar-refractivity contribution is 0.755. The zero-order valence-electron chi connectivity index (χ0n) is 12.6. The van der Waals surface area contributed by atoms with E-state index in [0.717, 1.165) is 35.1 Å². The van der Waals surface area contributed by atoms with Crippen molar-refractivity contribution >= 4 is 11.5 Å². The molecular weight excluding hydrogens is 248 g/mol. The van der Waals surface area contributed by atoms with Gasteiger partial charge < -0.3 is 10.6 Å². The number of hydrogen-bond acceptors (Lipinski definition) is 4. The fourth-order valence-electron chi connectivity index (χ4n) is 2.04. The molecule has 0 saturated carbocycles. The van der Waals surface area contributed by atoms with Gasteiger partial charge >= 0.3 is 0 Å². The van der Waals surface area contributed by atoms with Crippen molar-refractivity contribution < 1.29 is 0 Å². The Kier molecular flexibility index (Phi) is 4.23. The summed E-state index contributed by atoms with van der Waals surface area (Å²) in [7, 11) is 2.03. The smallest absolute Gasteiger partial charge is 0.133 e. The van der Waals surface area contributed by atoms with Crippen LogP contribution in [0.3, 0.4) is 0 Å². The zero-order valence-corrected chi connectivity index (χ0v) is 12.6. The van der Waals surface area contributed by atoms with Crippen LogP contribution in [0.4, 0.5) is 11.5 Å². The van der Waals surface area contributed by atoms with Gasteiger partial charge in [-0.15, -0.1) is 0 Å². The molecule has 4 heteroatoms. The molecule has 0 saturated heterocycles. The topological polar surface area (TPSA) is 55.0 Å². The van der Waals surface area contributed by atoms with E-state index in [0.29, 0.717) is 5.92 Å². The van der Waals surface area contributed by atoms with Gasteiger partial charge in [0.05, 0.1) is 0 Å². The van der Waals surface area contributed by atoms with E-state index in [1.54, 1.807) is 0 Å². The van der Waals surface area contributed by atoms with Gasteiger partial charge in [-0.2, -0.15) is 0 Å². The summed E-state index contributed by atoms with van der Waals surface area (Å²) in [4.78, 5) is 11.2. The van der Waals surface area contributed by atoms with Crippen LogP contribution in [0.25, 0.3) is 0 Å². The van der Waals surface area contributed by atoms with Gasteiger partial charge in [-0.25, -0.2) is 9.97 Å². The highest BCUT2D eigenvalue weighted by molar-refractivity contribution is 5.49. The van der Waals surface area contributed by atoms with Crippen LogP contribution >= 0.6 is 0 Å². The molecule has 4 nitrogen and oxygen atoms in total. The Morgan fingerprint density at radius 1 is 1.20 bits per heavy atom. The lowest BCUT2D eigenvalue weighted by Gasteiger charge is -2.20. The van der Waals surface area contributed by atoms with E-state index in [2.05, 4.69) is 28.7 Å². The summed E-state index contributed by atoms with van der Waals surface area (Å²) in [5.74, 6) is 2.14. The Bertz CT molecular complexity index is 593. The van der Waals surface area contributed by atoms with Crippen molar-refractivity contribution in [2.45, 2.75) is 33.2 Å². The van der Waals surface area contributed by atoms with E-state index in [4.69, 9.17) is 5.73 Å². The summed E-state index contributed by atoms with van der Waals surface area (Å²) < 4.78 is 0. The number of nitrogens with zero attached hydrogens (tertiary/aromatic N) is 3. The molecule has 0 aliphatic heterocycles. The maximum absolute atomic E-state index is 6.00. The zero-order chi connectivity index (χ0) is 14.7. The summed E-state index contributed by atoms with van der Waals surface area (Å²) in [6.07, 6.45) is 0. The molecule has 0 amide bonds. The van der Waals surface area contributed by atoms with Gasteiger partial charge in [0.15, 0.2) is 0 Å². The maximum atomic E-state index is 6.00. The van der Waals surface area contributed by atoms with Gasteiger partial charge in [-0.05, 0) is 18.6 Å². The van der Waals surface area contributed by atoms with Crippen LogP contribution in [0, 0.1) is 6.92 Å². The third-order valence-corrected chi connectivity index (χ3v) is 3.23. The molecule has 0 aliphatic carbocycles. The highest BCUT2D eigenvalue weighted by Gasteiger charge is 2.10. The second-order valence-electron chi connectivity index (χ2n) is 5.44. The van der Waals surface area contributed by atoms with Crippen LogP contribution in [0.5, 0.6) is 0 Å². The number of benzene rings is 1. The average molecular weight is 270 g/mol. The van der Waals surface area contributed by atoms with E-state index in [1.807, 2.05) is 44.3 Å². The average Bonchev–Trinajstić information content (AvgIpc) is 2.40. The minimum absolute atomic E-state index is 0.323. The van der Waals surface area contributed by atoms with Crippen molar-refractivity contribution in [1.82, 2.24) is 9.97 Å². The van der Waals surface area contributed by atoms with E-state index < -0.39 is 0 Å². The first kappa shape index (κ1) is 14.3. The van der Waals surface area contributed by atoms with Gasteiger partial charge in [0.1, 0.15) is 11.6 Å². The molecule has 106 valence electrons. The predicted molar refractivity (Wildman–Crippen MR) is 83.8 cm³/mol. The number of nitrogen functional groups attached to an aromatic ring is 1. The van der Waals surface area contributed by atoms with Gasteiger partial charge in [0.2, 0.25) is 0 Å². The number of nitrogens with two attached hydrogens (primary N) is 1. The molecule has 0 unspecified atom stereocenters. The Labute approximate surface area is 120 Å². The second-order valence-corrected chi connectivity index (χ2v) is 5.44. The second kappa shape index (κ2) is 5.90. The number of aromatic nitrogens is 2. The van der Waals surface area contributed by atoms with Gasteiger partial charge in [-0.3, -0.25) is 0 Å². The number of anilines is 2. The molecule has 1 aromatic heterocycles. The Morgan fingerprint density at radius 3 is 2.55 bits per heavy atom. The number of rotatable bonds is 4. The minimum Gasteiger partial charge on any atom is -0.398 e. The predicted octanol–water partition coefficient (Wildman–Crippen LogP) is 3.13. The van der Waals surface area contributed by atoms with Crippen LogP contribution in [0.1, 0.15) is 36.8 Å². The van der Waals surface area contributed by atoms with Crippen molar-refractivity contribution in [3.63, 3.8) is 0 Å². The number of para-hydroxylation sites is 1. The fourth-order valence-corrected chi connectivity index (χ4v) is 2.04. The monoisotopic (exact) mass is 270 g/mol. The highest BCUT2D eigenvalue weighted by Crippen LogP contribution is 2.19. The van der Waals surface area contributed by atoms with Crippen LogP contribution in [-0.4, -0.2) is 17.0 Å². The first-order valence-electron chi connectivity index (χ1n) is 6.87. The highest BCUT2D eigenvalue weighted by atomic mass is 15.2. The maximum Gasteiger partial charge on any atom is 0.133 e. The number of hydrogen-bond donors (Lipinski definition) is 1. The molecule has 0 bridgehead atoms. The van der Waals surface area contributed by atoms with Crippen LogP contribution < -0.4 is 10.6 Å². The van der Waals surface area contributed by atoms with Crippen molar-refractivity contribution in [3.8, 4) is 0 Å². The van der Waals surface area contributed by atoms with E-state index in [-0.39, 0.29) is 0 Å². The molecule has 2 rings (SSSR count). The lowest BCUT2D eigenvalue weighted by atomic mass is 10.1. The number of aryl methyl sites for hydroxylation is 1. The van der Waals surface area contributed by atoms with Gasteiger partial charge in [-0.1, -0.05) is 32.0 Å². The lowest BCUT2D eigenvalue weighted by Crippen LogP contribution is -2.20. The first-order valence-corrected chi connectivity index (χ1v) is 6.87. The summed E-state index contributed by atoms with van der Waals surface area (Å²) in [5, 5.41) is 0. The Balaban J connectivity index is 2.25. The SMILES string of the molecule is Cc1cc(N(C)Cc2ccccc2N)nc(C(C)C)n1. The van der Waals surface area contributed by atoms with Crippen molar-refractivity contribution in [2.75, 3.05) is 17.7 Å². The van der Waals surface area contributed by atoms with Crippen molar-refractivity contribution in [1.29, 1.82) is 0 Å². The summed E-state index contributed by atoms with van der Waals surface area (Å²) >= 11 is 0. The summed E-state index contributed by atoms with van der Waals surface area (Å²) in [5.41, 5.74) is 8.91. The normalized spacial score (nSPS) is 10.8. The molecule has 0 atom stereocenters. The Morgan fingerprint density at radius 2 is 1.90 bits per heavy atom. The molecule has 0 aliphatic rings. The van der Waals surface area contributed by atoms with E-state index in [1.165, 1.54) is 0 Å². The molecule has 2 N–H and O–H groups in total. The summed E-state index contributed by atoms with van der Waals surface area (Å²) in [6, 6.07) is 9.93. The minimum atomic E-state index is 0.323. The Hall–Kier alpha value is -2.10. The van der Waals surface area contributed by atoms with Gasteiger partial charge in [0.25, 0.3) is 0 Å². The standard InChI is InChI=1S/C16H22N4/c1-11(2)16-18-12(3)9-15(19-16)20(4)10-13-7-5-6-8-14(13)17/h5-9,11H,10,17H2,1-4H3. The van der Waals surface area contributed by atoms with Crippen molar-refractivity contribution in [3.05, 3.63) is 47.4 Å². The molecule has 0 spiro atoms. The van der Waals surface area contributed by atoms with Gasteiger partial charge in [0, 0.05) is 37.0 Å². The largest absolute Gasteiger partial charge is 0.398 e. The molecule has 2 aromatic rings. The molecule has 20 heavy (non-hydrogen) atoms. The molecular formula is C16H22N4. The van der Waals surface area contributed by atoms with E-state index >= 15 is 0 Å². The molecule has 0 fully saturated rings. The van der Waals surface area contributed by atoms with Crippen LogP contribution in [0.2, 0.25) is 0 Å². The van der Waals surface area contributed by atoms with Crippen molar-refractivity contribution in [2.24, 2.45) is 0 Å². The third-order valence-electron chi connectivity index (χ3n) is 3.23. The molecule has 1 heterocycles. The molecule has 0 radical (unpaired) electrons. The van der Waals surface area contributed by atoms with Crippen LogP contribution in [0.15, 0.2) is 30.3 Å². The fraction of sp³-hybridized carbons (Fsp3) is 0.375. The van der Waals surface area contributed by atoms with E-state index in [9.17, 15) is 0 Å². The summed E-state index contributed by atoms with van der Waals surface area (Å²) in [6.45, 7) is 6.95. The first-order chi connectivity index (χ1) is 9.47. The molecule has 1 aromatic carbocycles. The van der Waals surface area contributed by atoms with Crippen LogP contribution in [-0.2, 0) is 6.54 Å². The third kappa shape index (κ3) is 3.26.